The first-order chi connectivity index (χ1) is 24.3. The van der Waals surface area contributed by atoms with Crippen LogP contribution in [0.5, 0.6) is 0 Å². The Morgan fingerprint density at radius 3 is 2.48 bits per heavy atom. The number of nitrogens with one attached hydrogen (secondary N) is 1. The minimum Gasteiger partial charge on any atom is -0.444 e. The molecule has 10 nitrogen and oxygen atoms in total. The average molecular weight is 775 g/mol. The van der Waals surface area contributed by atoms with E-state index >= 15 is 4.39 Å². The summed E-state index contributed by atoms with van der Waals surface area (Å²) in [5, 5.41) is 3.19. The third-order valence-electron chi connectivity index (χ3n) is 9.99. The van der Waals surface area contributed by atoms with Crippen molar-refractivity contribution in [3.8, 4) is 0 Å². The minimum absolute atomic E-state index is 0.0146. The summed E-state index contributed by atoms with van der Waals surface area (Å²) in [5.41, 5.74) is 6.74. The molecule has 288 valence electrons. The molecular weight excluding hydrogens is 728 g/mol. The second-order valence-corrected chi connectivity index (χ2v) is 17.4. The summed E-state index contributed by atoms with van der Waals surface area (Å²) < 4.78 is 94.4. The summed E-state index contributed by atoms with van der Waals surface area (Å²) in [6, 6.07) is 8.50. The zero-order valence-electron chi connectivity index (χ0n) is 29.5. The fourth-order valence-corrected chi connectivity index (χ4v) is 9.54. The smallest absolute Gasteiger partial charge is 0.410 e. The van der Waals surface area contributed by atoms with Crippen molar-refractivity contribution in [1.82, 2.24) is 9.21 Å². The number of piperazine rings is 1. The summed E-state index contributed by atoms with van der Waals surface area (Å²) in [4.78, 5) is 28.7. The monoisotopic (exact) mass is 774 g/mol. The third kappa shape index (κ3) is 10.2. The van der Waals surface area contributed by atoms with Crippen molar-refractivity contribution >= 4 is 39.3 Å². The molecule has 7 atom stereocenters. The van der Waals surface area contributed by atoms with Gasteiger partial charge in [0.15, 0.2) is 0 Å². The van der Waals surface area contributed by atoms with Crippen LogP contribution in [0.4, 0.5) is 28.0 Å². The molecule has 3 fully saturated rings. The number of sulfonamides is 1. The van der Waals surface area contributed by atoms with Gasteiger partial charge in [0.25, 0.3) is 0 Å². The Kier molecular flexibility index (Phi) is 12.5. The van der Waals surface area contributed by atoms with Crippen molar-refractivity contribution < 1.29 is 45.0 Å². The molecule has 2 amide bonds. The number of nitrogens with zero attached hydrogens (tertiary/aromatic N) is 2. The Balaban J connectivity index is 1.36. The van der Waals surface area contributed by atoms with E-state index in [1.54, 1.807) is 49.9 Å². The molecular formula is C36H47ClF4N4O6S. The predicted molar refractivity (Wildman–Crippen MR) is 189 cm³/mol. The first-order valence-corrected chi connectivity index (χ1v) is 19.6. The van der Waals surface area contributed by atoms with E-state index in [9.17, 15) is 31.2 Å². The topological polar surface area (TPSA) is 131 Å². The lowest BCUT2D eigenvalue weighted by molar-refractivity contribution is -0.169. The van der Waals surface area contributed by atoms with Gasteiger partial charge in [0.05, 0.1) is 24.3 Å². The van der Waals surface area contributed by atoms with Crippen LogP contribution in [-0.2, 0) is 30.7 Å². The Labute approximate surface area is 307 Å². The van der Waals surface area contributed by atoms with Gasteiger partial charge in [0.2, 0.25) is 15.9 Å². The third-order valence-corrected chi connectivity index (χ3v) is 12.2. The van der Waals surface area contributed by atoms with Gasteiger partial charge < -0.3 is 25.4 Å². The molecule has 3 aliphatic rings. The maximum atomic E-state index is 15.5. The van der Waals surface area contributed by atoms with Gasteiger partial charge in [-0.25, -0.2) is 17.6 Å². The summed E-state index contributed by atoms with van der Waals surface area (Å²) in [5.74, 6) is -2.52. The molecule has 1 unspecified atom stereocenters. The van der Waals surface area contributed by atoms with Crippen LogP contribution in [0.25, 0.3) is 0 Å². The number of amides is 2. The average Bonchev–Trinajstić information content (AvgIpc) is 3.16. The number of alkyl halides is 3. The van der Waals surface area contributed by atoms with Gasteiger partial charge in [0, 0.05) is 54.0 Å². The number of ether oxygens (including phenoxy) is 2. The Morgan fingerprint density at radius 2 is 1.81 bits per heavy atom. The highest BCUT2D eigenvalue weighted by Gasteiger charge is 2.45. The maximum absolute atomic E-state index is 15.5. The first-order valence-electron chi connectivity index (χ1n) is 17.6. The molecule has 16 heteroatoms. The highest BCUT2D eigenvalue weighted by Crippen LogP contribution is 2.40. The van der Waals surface area contributed by atoms with E-state index in [1.165, 1.54) is 22.5 Å². The van der Waals surface area contributed by atoms with Crippen molar-refractivity contribution in [3.05, 3.63) is 64.4 Å². The Morgan fingerprint density at radius 1 is 1.10 bits per heavy atom. The van der Waals surface area contributed by atoms with E-state index in [4.69, 9.17) is 26.8 Å². The molecule has 2 aromatic rings. The number of fused-ring (bicyclic) bond motifs is 2. The van der Waals surface area contributed by atoms with E-state index in [2.05, 4.69) is 5.32 Å². The molecule has 2 aromatic carbocycles. The molecule has 52 heavy (non-hydrogen) atoms. The van der Waals surface area contributed by atoms with Crippen LogP contribution in [0.2, 0.25) is 5.02 Å². The fraction of sp³-hybridized carbons (Fsp3) is 0.611. The highest BCUT2D eigenvalue weighted by atomic mass is 35.5. The zero-order chi connectivity index (χ0) is 38.0. The fourth-order valence-electron chi connectivity index (χ4n) is 7.62. The highest BCUT2D eigenvalue weighted by molar-refractivity contribution is 7.89. The Hall–Kier alpha value is -2.98. The van der Waals surface area contributed by atoms with Gasteiger partial charge in [-0.15, -0.1) is 0 Å². The molecule has 3 heterocycles. The van der Waals surface area contributed by atoms with Crippen LogP contribution in [-0.4, -0.2) is 91.1 Å². The number of benzene rings is 2. The van der Waals surface area contributed by atoms with E-state index in [0.29, 0.717) is 29.8 Å². The van der Waals surface area contributed by atoms with Crippen LogP contribution in [0.1, 0.15) is 76.3 Å². The number of nitrogens with two attached hydrogens (primary N) is 1. The van der Waals surface area contributed by atoms with Gasteiger partial charge >= 0.3 is 12.3 Å². The Bertz CT molecular complexity index is 1690. The van der Waals surface area contributed by atoms with E-state index in [1.807, 2.05) is 0 Å². The minimum atomic E-state index is -4.43. The van der Waals surface area contributed by atoms with Crippen molar-refractivity contribution in [3.63, 3.8) is 0 Å². The van der Waals surface area contributed by atoms with Crippen molar-refractivity contribution in [2.24, 2.45) is 11.7 Å². The summed E-state index contributed by atoms with van der Waals surface area (Å²) >= 11 is 6.11. The number of hydrogen-bond acceptors (Lipinski definition) is 7. The molecule has 0 saturated carbocycles. The normalized spacial score (nSPS) is 26.2. The van der Waals surface area contributed by atoms with Crippen molar-refractivity contribution in [2.75, 3.05) is 30.8 Å². The SMILES string of the molecule is CC(C)(C)OC(=O)N1C[C@H](CCc2c(F)cccc2NC(=O)[C@@H](N)[C@@H](c2ccc(Cl)cc2)[C@H]2CCO[C@@H](CC(F)(F)F)C2)N2C[C@H]1CCCS2(=O)=O. The quantitative estimate of drug-likeness (QED) is 0.274. The van der Waals surface area contributed by atoms with Crippen LogP contribution in [0, 0.1) is 11.7 Å². The predicted octanol–water partition coefficient (Wildman–Crippen LogP) is 6.62. The van der Waals surface area contributed by atoms with Crippen LogP contribution in [0.3, 0.4) is 0 Å². The molecule has 3 N–H and O–H groups in total. The second kappa shape index (κ2) is 16.2. The first kappa shape index (κ1) is 40.2. The number of halogens is 5. The molecule has 0 spiro atoms. The van der Waals surface area contributed by atoms with Crippen molar-refractivity contribution in [1.29, 1.82) is 0 Å². The zero-order valence-corrected chi connectivity index (χ0v) is 31.1. The van der Waals surface area contributed by atoms with Crippen LogP contribution < -0.4 is 11.1 Å². The van der Waals surface area contributed by atoms with E-state index in [0.717, 1.165) is 0 Å². The number of hydrogen-bond donors (Lipinski definition) is 2. The standard InChI is InChI=1S/C36H47ClF4N4O6S/c1-35(2,3)51-34(47)44-20-26(45-21-25(44)6-5-17-52(45,48)49)13-14-28-29(38)7-4-8-30(28)43-33(46)32(42)31(22-9-11-24(37)12-10-22)23-15-16-50-27(18-23)19-36(39,40)41/h4,7-12,23,25-27,31-32H,5-6,13-21,42H2,1-3H3,(H,43,46)/t23-,25+,26-,27+,31-,32-/m0/s1. The molecule has 2 bridgehead atoms. The summed E-state index contributed by atoms with van der Waals surface area (Å²) in [6.45, 7) is 5.48. The lowest BCUT2D eigenvalue weighted by Crippen LogP contribution is -2.60. The van der Waals surface area contributed by atoms with E-state index < -0.39 is 76.1 Å². The molecule has 3 saturated heterocycles. The number of carbonyl (C=O) groups is 2. The van der Waals surface area contributed by atoms with Gasteiger partial charge in [-0.1, -0.05) is 29.8 Å². The van der Waals surface area contributed by atoms with Crippen LogP contribution >= 0.6 is 11.6 Å². The lowest BCUT2D eigenvalue weighted by Gasteiger charge is -2.44. The number of carbonyl (C=O) groups excluding carboxylic acids is 2. The maximum Gasteiger partial charge on any atom is 0.410 e. The van der Waals surface area contributed by atoms with Gasteiger partial charge in [-0.2, -0.15) is 17.5 Å². The van der Waals surface area contributed by atoms with Gasteiger partial charge in [0.1, 0.15) is 11.4 Å². The largest absolute Gasteiger partial charge is 0.444 e. The number of rotatable bonds is 9. The lowest BCUT2D eigenvalue weighted by atomic mass is 9.75. The summed E-state index contributed by atoms with van der Waals surface area (Å²) in [7, 11) is -3.65. The molecule has 0 radical (unpaired) electrons. The van der Waals surface area contributed by atoms with E-state index in [-0.39, 0.29) is 62.0 Å². The number of anilines is 1. The second-order valence-electron chi connectivity index (χ2n) is 15.0. The van der Waals surface area contributed by atoms with Gasteiger partial charge in [-0.05, 0) is 95.0 Å². The van der Waals surface area contributed by atoms with Crippen molar-refractivity contribution in [2.45, 2.75) is 108 Å². The van der Waals surface area contributed by atoms with Gasteiger partial charge in [-0.3, -0.25) is 4.79 Å². The molecule has 3 aliphatic heterocycles. The molecule has 0 aromatic heterocycles. The van der Waals surface area contributed by atoms with Crippen LogP contribution in [0.15, 0.2) is 42.5 Å². The summed E-state index contributed by atoms with van der Waals surface area (Å²) in [6.07, 6.45) is -5.76. The molecule has 0 aliphatic carbocycles. The molecule has 5 rings (SSSR count).